The van der Waals surface area contributed by atoms with Crippen LogP contribution in [0.5, 0.6) is 0 Å². The zero-order valence-corrected chi connectivity index (χ0v) is 66.0. The summed E-state index contributed by atoms with van der Waals surface area (Å²) in [5, 5.41) is 10.6. The van der Waals surface area contributed by atoms with Crippen molar-refractivity contribution in [1.29, 1.82) is 0 Å². The van der Waals surface area contributed by atoms with Crippen molar-refractivity contribution in [2.45, 2.75) is 426 Å². The molecule has 0 aromatic carbocycles. The number of ether oxygens (including phenoxy) is 4. The van der Waals surface area contributed by atoms with Gasteiger partial charge in [-0.3, -0.25) is 37.3 Å². The third-order valence-corrected chi connectivity index (χ3v) is 20.3. The Kier molecular flexibility index (Phi) is 68.1. The standard InChI is InChI=1S/C79H154O17P2/c1-8-9-10-11-12-13-14-15-16-17-18-19-22-26-29-32-40-48-55-62-78(83)95-74(66-89-76(81)60-53-46-39-31-28-25-23-20-21-24-27-30-36-43-50-57-70(2)3)68-93-97(85,86)91-64-73(80)65-92-98(87,88)94-69-75(67-90-77(82)61-54-47-42-35-38-45-52-59-72(6)7)96-79(84)63-56-49-41-34-33-37-44-51-58-71(4)5/h70-75,80H,8-69H2,1-7H3,(H,85,86)(H,87,88)/t73-,74-,75-/m1/s1. The Morgan fingerprint density at radius 2 is 0.469 bits per heavy atom. The first-order valence-corrected chi connectivity index (χ1v) is 43.8. The lowest BCUT2D eigenvalue weighted by Crippen LogP contribution is -2.30. The van der Waals surface area contributed by atoms with E-state index in [0.29, 0.717) is 31.6 Å². The Hall–Kier alpha value is -1.94. The molecule has 0 aromatic rings. The second-order valence-electron chi connectivity index (χ2n) is 29.9. The normalized spacial score (nSPS) is 14.0. The number of phosphoric acid groups is 2. The molecule has 2 unspecified atom stereocenters. The maximum absolute atomic E-state index is 13.1. The zero-order chi connectivity index (χ0) is 72.3. The number of rotatable bonds is 77. The molecule has 0 aliphatic carbocycles. The molecule has 582 valence electrons. The van der Waals surface area contributed by atoms with Crippen LogP contribution in [0.15, 0.2) is 0 Å². The van der Waals surface area contributed by atoms with E-state index in [1.165, 1.54) is 212 Å². The minimum absolute atomic E-state index is 0.104. The Balaban J connectivity index is 5.22. The quantitative estimate of drug-likeness (QED) is 0.0222. The minimum atomic E-state index is -4.96. The number of phosphoric ester groups is 2. The average molecular weight is 1440 g/mol. The smallest absolute Gasteiger partial charge is 0.462 e. The third kappa shape index (κ3) is 72.4. The van der Waals surface area contributed by atoms with Crippen molar-refractivity contribution in [1.82, 2.24) is 0 Å². The highest BCUT2D eigenvalue weighted by Crippen LogP contribution is 2.45. The summed E-state index contributed by atoms with van der Waals surface area (Å²) < 4.78 is 68.6. The second-order valence-corrected chi connectivity index (χ2v) is 32.8. The zero-order valence-electron chi connectivity index (χ0n) is 64.3. The van der Waals surface area contributed by atoms with Crippen molar-refractivity contribution in [3.05, 3.63) is 0 Å². The van der Waals surface area contributed by atoms with E-state index in [4.69, 9.17) is 37.0 Å². The molecule has 0 aliphatic heterocycles. The van der Waals surface area contributed by atoms with Gasteiger partial charge in [-0.2, -0.15) is 0 Å². The van der Waals surface area contributed by atoms with Gasteiger partial charge in [0.1, 0.15) is 19.3 Å². The van der Waals surface area contributed by atoms with Crippen molar-refractivity contribution < 1.29 is 80.2 Å². The highest BCUT2D eigenvalue weighted by Gasteiger charge is 2.30. The van der Waals surface area contributed by atoms with Crippen LogP contribution in [0, 0.1) is 17.8 Å². The van der Waals surface area contributed by atoms with Crippen LogP contribution in [-0.4, -0.2) is 96.7 Å². The van der Waals surface area contributed by atoms with Crippen molar-refractivity contribution in [2.75, 3.05) is 39.6 Å². The molecule has 0 rings (SSSR count). The molecule has 0 aliphatic rings. The Bertz CT molecular complexity index is 1900. The topological polar surface area (TPSA) is 237 Å². The van der Waals surface area contributed by atoms with Gasteiger partial charge in [0.15, 0.2) is 12.2 Å². The van der Waals surface area contributed by atoms with Gasteiger partial charge in [0.2, 0.25) is 0 Å². The van der Waals surface area contributed by atoms with E-state index in [1.54, 1.807) is 0 Å². The molecule has 0 fully saturated rings. The first-order chi connectivity index (χ1) is 47.2. The van der Waals surface area contributed by atoms with Gasteiger partial charge in [0.05, 0.1) is 26.4 Å². The summed E-state index contributed by atoms with van der Waals surface area (Å²) in [6.07, 6.45) is 57.1. The van der Waals surface area contributed by atoms with Crippen LogP contribution in [0.25, 0.3) is 0 Å². The SMILES string of the molecule is CCCCCCCCCCCCCCCCCCCCCC(=O)O[C@H](COC(=O)CCCCCCCCCCCCCCCCCC(C)C)COP(=O)(O)OC[C@@H](O)COP(=O)(O)OC[C@@H](COC(=O)CCCCCCCCCC(C)C)OC(=O)CCCCCCCCCCC(C)C. The molecule has 0 aromatic heterocycles. The number of hydrogen-bond acceptors (Lipinski definition) is 15. The number of carbonyl (C=O) groups excluding carboxylic acids is 4. The van der Waals surface area contributed by atoms with E-state index < -0.39 is 97.5 Å². The van der Waals surface area contributed by atoms with Gasteiger partial charge >= 0.3 is 39.5 Å². The van der Waals surface area contributed by atoms with E-state index in [2.05, 4.69) is 48.5 Å². The molecular formula is C79H154O17P2. The summed E-state index contributed by atoms with van der Waals surface area (Å²) in [4.78, 5) is 72.9. The lowest BCUT2D eigenvalue weighted by atomic mass is 10.0. The molecular weight excluding hydrogens is 1280 g/mol. The Morgan fingerprint density at radius 3 is 0.694 bits per heavy atom. The van der Waals surface area contributed by atoms with Crippen molar-refractivity contribution in [2.24, 2.45) is 17.8 Å². The predicted molar refractivity (Wildman–Crippen MR) is 400 cm³/mol. The highest BCUT2D eigenvalue weighted by molar-refractivity contribution is 7.47. The largest absolute Gasteiger partial charge is 0.472 e. The van der Waals surface area contributed by atoms with Crippen LogP contribution in [0.2, 0.25) is 0 Å². The number of unbranched alkanes of at least 4 members (excludes halogenated alkanes) is 45. The summed E-state index contributed by atoms with van der Waals surface area (Å²) >= 11 is 0. The van der Waals surface area contributed by atoms with Crippen LogP contribution in [0.3, 0.4) is 0 Å². The molecule has 0 saturated carbocycles. The molecule has 5 atom stereocenters. The molecule has 0 heterocycles. The molecule has 0 spiro atoms. The number of aliphatic hydroxyl groups is 1. The van der Waals surface area contributed by atoms with Gasteiger partial charge in [0.25, 0.3) is 0 Å². The van der Waals surface area contributed by atoms with E-state index in [-0.39, 0.29) is 25.7 Å². The van der Waals surface area contributed by atoms with E-state index in [9.17, 15) is 43.2 Å². The summed E-state index contributed by atoms with van der Waals surface area (Å²) in [5.41, 5.74) is 0. The van der Waals surface area contributed by atoms with Gasteiger partial charge in [-0.05, 0) is 43.4 Å². The monoisotopic (exact) mass is 1440 g/mol. The fourth-order valence-electron chi connectivity index (χ4n) is 12.1. The highest BCUT2D eigenvalue weighted by atomic mass is 31.2. The molecule has 0 amide bonds. The number of hydrogen-bond donors (Lipinski definition) is 3. The maximum atomic E-state index is 13.1. The van der Waals surface area contributed by atoms with Crippen molar-refractivity contribution in [3.8, 4) is 0 Å². The summed E-state index contributed by atoms with van der Waals surface area (Å²) in [7, 11) is -9.92. The minimum Gasteiger partial charge on any atom is -0.462 e. The maximum Gasteiger partial charge on any atom is 0.472 e. The Labute approximate surface area is 600 Å². The lowest BCUT2D eigenvalue weighted by Gasteiger charge is -2.21. The first kappa shape index (κ1) is 96.1. The summed E-state index contributed by atoms with van der Waals surface area (Å²) in [6.45, 7) is 11.8. The fourth-order valence-corrected chi connectivity index (χ4v) is 13.7. The third-order valence-electron chi connectivity index (χ3n) is 18.4. The fraction of sp³-hybridized carbons (Fsp3) is 0.949. The predicted octanol–water partition coefficient (Wildman–Crippen LogP) is 23.4. The van der Waals surface area contributed by atoms with Gasteiger partial charge in [-0.25, -0.2) is 9.13 Å². The summed E-state index contributed by atoms with van der Waals surface area (Å²) in [6, 6.07) is 0. The van der Waals surface area contributed by atoms with Gasteiger partial charge in [-0.1, -0.05) is 357 Å². The number of carbonyl (C=O) groups is 4. The van der Waals surface area contributed by atoms with E-state index >= 15 is 0 Å². The molecule has 19 heteroatoms. The van der Waals surface area contributed by atoms with E-state index in [1.807, 2.05) is 0 Å². The second kappa shape index (κ2) is 69.4. The Morgan fingerprint density at radius 1 is 0.276 bits per heavy atom. The van der Waals surface area contributed by atoms with Crippen LogP contribution in [0.1, 0.15) is 408 Å². The van der Waals surface area contributed by atoms with Crippen molar-refractivity contribution in [3.63, 3.8) is 0 Å². The van der Waals surface area contributed by atoms with Gasteiger partial charge < -0.3 is 33.8 Å². The van der Waals surface area contributed by atoms with Crippen LogP contribution in [-0.2, 0) is 65.4 Å². The van der Waals surface area contributed by atoms with Crippen molar-refractivity contribution >= 4 is 39.5 Å². The molecule has 0 radical (unpaired) electrons. The molecule has 98 heavy (non-hydrogen) atoms. The summed E-state index contributed by atoms with van der Waals surface area (Å²) in [5.74, 6) is 0.113. The van der Waals surface area contributed by atoms with Crippen LogP contribution < -0.4 is 0 Å². The average Bonchev–Trinajstić information content (AvgIpc) is 0.985. The number of esters is 4. The number of aliphatic hydroxyl groups excluding tert-OH is 1. The van der Waals surface area contributed by atoms with Crippen LogP contribution >= 0.6 is 15.6 Å². The lowest BCUT2D eigenvalue weighted by molar-refractivity contribution is -0.161. The van der Waals surface area contributed by atoms with E-state index in [0.717, 1.165) is 108 Å². The van der Waals surface area contributed by atoms with Gasteiger partial charge in [0, 0.05) is 25.7 Å². The van der Waals surface area contributed by atoms with Crippen LogP contribution in [0.4, 0.5) is 0 Å². The van der Waals surface area contributed by atoms with Gasteiger partial charge in [-0.15, -0.1) is 0 Å². The first-order valence-electron chi connectivity index (χ1n) is 40.8. The molecule has 3 N–H and O–H groups in total. The molecule has 17 nitrogen and oxygen atoms in total. The molecule has 0 saturated heterocycles. The molecule has 0 bridgehead atoms.